The Balaban J connectivity index is 2.12. The molecule has 0 saturated heterocycles. The standard InChI is InChI=1S/C15H12N2O3S/c16-10-12-5-4-8-14(9-12)21(19,20)17-11-15(18)13-6-2-1-3-7-13/h1-9,17H,11H2. The minimum absolute atomic E-state index is 0.0394. The van der Waals surface area contributed by atoms with Gasteiger partial charge >= 0.3 is 0 Å². The highest BCUT2D eigenvalue weighted by atomic mass is 32.2. The van der Waals surface area contributed by atoms with Crippen LogP contribution >= 0.6 is 0 Å². The second kappa shape index (κ2) is 6.31. The number of Topliss-reactive ketones (excluding diaryl/α,β-unsaturated/α-hetero) is 1. The van der Waals surface area contributed by atoms with Gasteiger partial charge in [-0.1, -0.05) is 36.4 Å². The number of hydrogen-bond acceptors (Lipinski definition) is 4. The van der Waals surface area contributed by atoms with Crippen LogP contribution in [0, 0.1) is 11.3 Å². The molecule has 0 aliphatic heterocycles. The zero-order valence-electron chi connectivity index (χ0n) is 11.0. The topological polar surface area (TPSA) is 87.0 Å². The SMILES string of the molecule is N#Cc1cccc(S(=O)(=O)NCC(=O)c2ccccc2)c1. The molecule has 0 atom stereocenters. The lowest BCUT2D eigenvalue weighted by molar-refractivity contribution is 0.0997. The van der Waals surface area contributed by atoms with Gasteiger partial charge in [-0.05, 0) is 18.2 Å². The van der Waals surface area contributed by atoms with E-state index in [1.54, 1.807) is 30.3 Å². The van der Waals surface area contributed by atoms with E-state index >= 15 is 0 Å². The molecule has 21 heavy (non-hydrogen) atoms. The first-order valence-corrected chi connectivity index (χ1v) is 7.59. The zero-order valence-corrected chi connectivity index (χ0v) is 11.8. The van der Waals surface area contributed by atoms with Crippen LogP contribution in [0.1, 0.15) is 15.9 Å². The van der Waals surface area contributed by atoms with E-state index in [-0.39, 0.29) is 22.8 Å². The number of ketones is 1. The summed E-state index contributed by atoms with van der Waals surface area (Å²) in [6.45, 7) is -0.330. The Morgan fingerprint density at radius 3 is 2.48 bits per heavy atom. The van der Waals surface area contributed by atoms with Gasteiger partial charge in [0, 0.05) is 5.56 Å². The molecule has 0 heterocycles. The number of nitriles is 1. The van der Waals surface area contributed by atoms with Gasteiger partial charge in [0.1, 0.15) is 0 Å². The van der Waals surface area contributed by atoms with Crippen LogP contribution in [0.25, 0.3) is 0 Å². The van der Waals surface area contributed by atoms with E-state index in [4.69, 9.17) is 5.26 Å². The fraction of sp³-hybridized carbons (Fsp3) is 0.0667. The van der Waals surface area contributed by atoms with Crippen LogP contribution in [0.5, 0.6) is 0 Å². The van der Waals surface area contributed by atoms with Crippen LogP contribution in [0.2, 0.25) is 0 Å². The number of sulfonamides is 1. The summed E-state index contributed by atoms with van der Waals surface area (Å²) in [7, 11) is -3.82. The Labute approximate surface area is 122 Å². The number of nitrogens with one attached hydrogen (secondary N) is 1. The second-order valence-electron chi connectivity index (χ2n) is 4.25. The minimum Gasteiger partial charge on any atom is -0.293 e. The van der Waals surface area contributed by atoms with Crippen molar-refractivity contribution in [2.75, 3.05) is 6.54 Å². The molecule has 0 amide bonds. The van der Waals surface area contributed by atoms with Crippen molar-refractivity contribution in [3.63, 3.8) is 0 Å². The van der Waals surface area contributed by atoms with E-state index in [1.165, 1.54) is 24.3 Å². The number of carbonyl (C=O) groups is 1. The van der Waals surface area contributed by atoms with Gasteiger partial charge in [-0.15, -0.1) is 0 Å². The predicted octanol–water partition coefficient (Wildman–Crippen LogP) is 1.72. The maximum absolute atomic E-state index is 12.1. The summed E-state index contributed by atoms with van der Waals surface area (Å²) in [5, 5.41) is 8.78. The molecule has 0 aliphatic carbocycles. The molecule has 0 saturated carbocycles. The summed E-state index contributed by atoms with van der Waals surface area (Å²) in [4.78, 5) is 11.8. The minimum atomic E-state index is -3.82. The molecule has 0 unspecified atom stereocenters. The summed E-state index contributed by atoms with van der Waals surface area (Å²) in [5.41, 5.74) is 0.679. The molecule has 0 aliphatic rings. The third kappa shape index (κ3) is 3.75. The molecule has 0 bridgehead atoms. The smallest absolute Gasteiger partial charge is 0.241 e. The van der Waals surface area contributed by atoms with Crippen LogP contribution in [0.15, 0.2) is 59.5 Å². The fourth-order valence-corrected chi connectivity index (χ4v) is 2.73. The van der Waals surface area contributed by atoms with Crippen molar-refractivity contribution in [1.82, 2.24) is 4.72 Å². The van der Waals surface area contributed by atoms with Gasteiger partial charge in [0.15, 0.2) is 5.78 Å². The Morgan fingerprint density at radius 1 is 1.10 bits per heavy atom. The van der Waals surface area contributed by atoms with Gasteiger partial charge in [-0.2, -0.15) is 5.26 Å². The molecule has 0 aromatic heterocycles. The maximum Gasteiger partial charge on any atom is 0.241 e. The molecule has 0 radical (unpaired) electrons. The summed E-state index contributed by atoms with van der Waals surface area (Å²) < 4.78 is 26.4. The van der Waals surface area contributed by atoms with E-state index < -0.39 is 10.0 Å². The van der Waals surface area contributed by atoms with Crippen LogP contribution in [-0.2, 0) is 10.0 Å². The molecule has 2 aromatic carbocycles. The normalized spacial score (nSPS) is 10.8. The number of hydrogen-bond donors (Lipinski definition) is 1. The lowest BCUT2D eigenvalue weighted by Crippen LogP contribution is -2.29. The van der Waals surface area contributed by atoms with Crippen LogP contribution in [0.3, 0.4) is 0 Å². The average molecular weight is 300 g/mol. The highest BCUT2D eigenvalue weighted by molar-refractivity contribution is 7.89. The van der Waals surface area contributed by atoms with Gasteiger partial charge in [0.2, 0.25) is 10.0 Å². The lowest BCUT2D eigenvalue weighted by Gasteiger charge is -2.06. The first-order valence-electron chi connectivity index (χ1n) is 6.11. The van der Waals surface area contributed by atoms with Crippen molar-refractivity contribution in [1.29, 1.82) is 5.26 Å². The van der Waals surface area contributed by atoms with Crippen molar-refractivity contribution in [3.8, 4) is 6.07 Å². The predicted molar refractivity (Wildman–Crippen MR) is 77.1 cm³/mol. The van der Waals surface area contributed by atoms with Gasteiger partial charge in [0.25, 0.3) is 0 Å². The highest BCUT2D eigenvalue weighted by Crippen LogP contribution is 2.11. The summed E-state index contributed by atoms with van der Waals surface area (Å²) in [6.07, 6.45) is 0. The van der Waals surface area contributed by atoms with Crippen LogP contribution < -0.4 is 4.72 Å². The number of benzene rings is 2. The molecular formula is C15H12N2O3S. The molecule has 6 heteroatoms. The van der Waals surface area contributed by atoms with Crippen LogP contribution in [0.4, 0.5) is 0 Å². The van der Waals surface area contributed by atoms with Crippen molar-refractivity contribution in [2.24, 2.45) is 0 Å². The largest absolute Gasteiger partial charge is 0.293 e. The highest BCUT2D eigenvalue weighted by Gasteiger charge is 2.16. The zero-order chi connectivity index (χ0) is 15.3. The number of rotatable bonds is 5. The van der Waals surface area contributed by atoms with Crippen molar-refractivity contribution >= 4 is 15.8 Å². The Kier molecular flexibility index (Phi) is 4.48. The molecule has 5 nitrogen and oxygen atoms in total. The lowest BCUT2D eigenvalue weighted by atomic mass is 10.1. The average Bonchev–Trinajstić information content (AvgIpc) is 2.53. The molecule has 0 fully saturated rings. The van der Waals surface area contributed by atoms with E-state index in [2.05, 4.69) is 4.72 Å². The van der Waals surface area contributed by atoms with E-state index in [9.17, 15) is 13.2 Å². The van der Waals surface area contributed by atoms with Crippen molar-refractivity contribution in [3.05, 3.63) is 65.7 Å². The van der Waals surface area contributed by atoms with Crippen molar-refractivity contribution < 1.29 is 13.2 Å². The van der Waals surface area contributed by atoms with E-state index in [1.807, 2.05) is 6.07 Å². The summed E-state index contributed by atoms with van der Waals surface area (Å²) in [6, 6.07) is 15.9. The molecule has 106 valence electrons. The molecular weight excluding hydrogens is 288 g/mol. The van der Waals surface area contributed by atoms with Crippen molar-refractivity contribution in [2.45, 2.75) is 4.90 Å². The Morgan fingerprint density at radius 2 is 1.81 bits per heavy atom. The quantitative estimate of drug-likeness (QED) is 0.852. The summed E-state index contributed by atoms with van der Waals surface area (Å²) >= 11 is 0. The number of nitrogens with zero attached hydrogens (tertiary/aromatic N) is 1. The third-order valence-corrected chi connectivity index (χ3v) is 4.19. The van der Waals surface area contributed by atoms with E-state index in [0.29, 0.717) is 5.56 Å². The Bertz CT molecular complexity index is 793. The van der Waals surface area contributed by atoms with Gasteiger partial charge in [0.05, 0.1) is 23.1 Å². The first kappa shape index (κ1) is 14.9. The third-order valence-electron chi connectivity index (χ3n) is 2.79. The Hall–Kier alpha value is -2.49. The van der Waals surface area contributed by atoms with E-state index in [0.717, 1.165) is 0 Å². The molecule has 2 aromatic rings. The molecule has 0 spiro atoms. The van der Waals surface area contributed by atoms with Gasteiger partial charge < -0.3 is 0 Å². The van der Waals surface area contributed by atoms with Gasteiger partial charge in [-0.3, -0.25) is 4.79 Å². The van der Waals surface area contributed by atoms with Crippen LogP contribution in [-0.4, -0.2) is 20.7 Å². The fourth-order valence-electron chi connectivity index (χ4n) is 1.70. The maximum atomic E-state index is 12.1. The second-order valence-corrected chi connectivity index (χ2v) is 6.02. The molecule has 1 N–H and O–H groups in total. The monoisotopic (exact) mass is 300 g/mol. The molecule has 2 rings (SSSR count). The first-order chi connectivity index (χ1) is 10.0. The summed E-state index contributed by atoms with van der Waals surface area (Å²) in [5.74, 6) is -0.324. The number of carbonyl (C=O) groups excluding carboxylic acids is 1. The van der Waals surface area contributed by atoms with Gasteiger partial charge in [-0.25, -0.2) is 13.1 Å².